The lowest BCUT2D eigenvalue weighted by Gasteiger charge is -2.16. The van der Waals surface area contributed by atoms with Crippen LogP contribution in [0.3, 0.4) is 0 Å². The SMILES string of the molecule is CC(C)Oc1ccccc1OCCOCCN(C)CCO. The van der Waals surface area contributed by atoms with Gasteiger partial charge in [-0.25, -0.2) is 0 Å². The van der Waals surface area contributed by atoms with Gasteiger partial charge in [-0.05, 0) is 33.0 Å². The maximum Gasteiger partial charge on any atom is 0.161 e. The molecule has 5 heteroatoms. The summed E-state index contributed by atoms with van der Waals surface area (Å²) in [6.07, 6.45) is 0.119. The number of benzene rings is 1. The molecule has 21 heavy (non-hydrogen) atoms. The van der Waals surface area contributed by atoms with E-state index < -0.39 is 0 Å². The van der Waals surface area contributed by atoms with Crippen LogP contribution < -0.4 is 9.47 Å². The molecule has 0 bridgehead atoms. The first kappa shape index (κ1) is 17.8. The lowest BCUT2D eigenvalue weighted by atomic mass is 10.3. The van der Waals surface area contributed by atoms with E-state index in [2.05, 4.69) is 0 Å². The number of hydrogen-bond donors (Lipinski definition) is 1. The Bertz CT molecular complexity index is 384. The molecule has 0 aromatic heterocycles. The van der Waals surface area contributed by atoms with Gasteiger partial charge in [0.05, 0.1) is 25.9 Å². The van der Waals surface area contributed by atoms with Crippen molar-refractivity contribution in [3.05, 3.63) is 24.3 Å². The fourth-order valence-electron chi connectivity index (χ4n) is 1.74. The summed E-state index contributed by atoms with van der Waals surface area (Å²) in [5.41, 5.74) is 0. The van der Waals surface area contributed by atoms with Crippen molar-refractivity contribution in [3.63, 3.8) is 0 Å². The predicted octanol–water partition coefficient (Wildman–Crippen LogP) is 1.79. The van der Waals surface area contributed by atoms with E-state index in [1.54, 1.807) is 0 Å². The predicted molar refractivity (Wildman–Crippen MR) is 83.1 cm³/mol. The average Bonchev–Trinajstić information content (AvgIpc) is 2.44. The second kappa shape index (κ2) is 10.4. The summed E-state index contributed by atoms with van der Waals surface area (Å²) in [6, 6.07) is 7.65. The summed E-state index contributed by atoms with van der Waals surface area (Å²) < 4.78 is 16.9. The summed E-state index contributed by atoms with van der Waals surface area (Å²) in [5, 5.41) is 8.78. The third kappa shape index (κ3) is 7.90. The number of hydrogen-bond acceptors (Lipinski definition) is 5. The van der Waals surface area contributed by atoms with E-state index in [1.807, 2.05) is 50.1 Å². The van der Waals surface area contributed by atoms with Crippen molar-refractivity contribution >= 4 is 0 Å². The van der Waals surface area contributed by atoms with Gasteiger partial charge >= 0.3 is 0 Å². The third-order valence-electron chi connectivity index (χ3n) is 2.80. The van der Waals surface area contributed by atoms with Gasteiger partial charge in [-0.1, -0.05) is 12.1 Å². The smallest absolute Gasteiger partial charge is 0.161 e. The fraction of sp³-hybridized carbons (Fsp3) is 0.625. The molecule has 1 aromatic carbocycles. The van der Waals surface area contributed by atoms with E-state index in [-0.39, 0.29) is 12.7 Å². The van der Waals surface area contributed by atoms with Crippen LogP contribution in [0.1, 0.15) is 13.8 Å². The van der Waals surface area contributed by atoms with E-state index in [0.29, 0.717) is 26.4 Å². The molecule has 0 aliphatic rings. The largest absolute Gasteiger partial charge is 0.487 e. The van der Waals surface area contributed by atoms with Gasteiger partial charge in [-0.2, -0.15) is 0 Å². The van der Waals surface area contributed by atoms with Gasteiger partial charge in [0.1, 0.15) is 6.61 Å². The number of likely N-dealkylation sites (N-methyl/N-ethyl adjacent to an activating group) is 1. The zero-order chi connectivity index (χ0) is 15.5. The normalized spacial score (nSPS) is 11.1. The molecule has 0 aliphatic carbocycles. The lowest BCUT2D eigenvalue weighted by molar-refractivity contribution is 0.0799. The van der Waals surface area contributed by atoms with Gasteiger partial charge < -0.3 is 24.2 Å². The maximum atomic E-state index is 8.78. The first-order valence-corrected chi connectivity index (χ1v) is 7.39. The summed E-state index contributed by atoms with van der Waals surface area (Å²) in [5.74, 6) is 1.50. The minimum atomic E-state index is 0.119. The van der Waals surface area contributed by atoms with Crippen LogP contribution in [0.5, 0.6) is 11.5 Å². The van der Waals surface area contributed by atoms with Crippen molar-refractivity contribution in [1.82, 2.24) is 4.90 Å². The number of para-hydroxylation sites is 2. The molecular weight excluding hydrogens is 270 g/mol. The van der Waals surface area contributed by atoms with Gasteiger partial charge in [0.25, 0.3) is 0 Å². The third-order valence-corrected chi connectivity index (χ3v) is 2.80. The minimum absolute atomic E-state index is 0.119. The van der Waals surface area contributed by atoms with E-state index in [1.165, 1.54) is 0 Å². The highest BCUT2D eigenvalue weighted by Crippen LogP contribution is 2.27. The molecule has 120 valence electrons. The van der Waals surface area contributed by atoms with Crippen LogP contribution in [-0.2, 0) is 4.74 Å². The van der Waals surface area contributed by atoms with Crippen LogP contribution in [0.2, 0.25) is 0 Å². The minimum Gasteiger partial charge on any atom is -0.487 e. The average molecular weight is 297 g/mol. The van der Waals surface area contributed by atoms with E-state index in [9.17, 15) is 0 Å². The van der Waals surface area contributed by atoms with Gasteiger partial charge in [0, 0.05) is 13.1 Å². The standard InChI is InChI=1S/C16H27NO4/c1-14(2)21-16-7-5-4-6-15(16)20-13-12-19-11-9-17(3)8-10-18/h4-7,14,18H,8-13H2,1-3H3. The molecule has 0 radical (unpaired) electrons. The summed E-state index contributed by atoms with van der Waals surface area (Å²) in [6.45, 7) is 7.26. The van der Waals surface area contributed by atoms with Crippen LogP contribution in [0.4, 0.5) is 0 Å². The molecule has 0 amide bonds. The van der Waals surface area contributed by atoms with Crippen molar-refractivity contribution in [2.24, 2.45) is 0 Å². The monoisotopic (exact) mass is 297 g/mol. The maximum absolute atomic E-state index is 8.78. The molecule has 0 spiro atoms. The first-order chi connectivity index (χ1) is 10.1. The van der Waals surface area contributed by atoms with Crippen LogP contribution in [0, 0.1) is 0 Å². The Balaban J connectivity index is 2.21. The van der Waals surface area contributed by atoms with Crippen molar-refractivity contribution in [1.29, 1.82) is 0 Å². The summed E-state index contributed by atoms with van der Waals surface area (Å²) in [7, 11) is 1.95. The Hall–Kier alpha value is -1.30. The fourth-order valence-corrected chi connectivity index (χ4v) is 1.74. The molecule has 0 aliphatic heterocycles. The molecule has 0 unspecified atom stereocenters. The van der Waals surface area contributed by atoms with Gasteiger partial charge in [-0.15, -0.1) is 0 Å². The zero-order valence-corrected chi connectivity index (χ0v) is 13.2. The molecule has 5 nitrogen and oxygen atoms in total. The highest BCUT2D eigenvalue weighted by molar-refractivity contribution is 5.39. The number of ether oxygens (including phenoxy) is 3. The Labute approximate surface area is 127 Å². The van der Waals surface area contributed by atoms with Crippen molar-refractivity contribution in [2.75, 3.05) is 46.6 Å². The Morgan fingerprint density at radius 2 is 1.76 bits per heavy atom. The zero-order valence-electron chi connectivity index (χ0n) is 13.2. The molecule has 1 rings (SSSR count). The summed E-state index contributed by atoms with van der Waals surface area (Å²) >= 11 is 0. The number of aliphatic hydroxyl groups excluding tert-OH is 1. The van der Waals surface area contributed by atoms with Crippen molar-refractivity contribution in [2.45, 2.75) is 20.0 Å². The molecule has 0 saturated carbocycles. The highest BCUT2D eigenvalue weighted by atomic mass is 16.5. The summed E-state index contributed by atoms with van der Waals surface area (Å²) in [4.78, 5) is 2.02. The van der Waals surface area contributed by atoms with Crippen LogP contribution in [0.25, 0.3) is 0 Å². The van der Waals surface area contributed by atoms with Crippen LogP contribution in [0.15, 0.2) is 24.3 Å². The van der Waals surface area contributed by atoms with Gasteiger partial charge in [-0.3, -0.25) is 0 Å². The topological polar surface area (TPSA) is 51.2 Å². The number of aliphatic hydroxyl groups is 1. The quantitative estimate of drug-likeness (QED) is 0.631. The van der Waals surface area contributed by atoms with Gasteiger partial charge in [0.15, 0.2) is 11.5 Å². The second-order valence-electron chi connectivity index (χ2n) is 5.10. The lowest BCUT2D eigenvalue weighted by Crippen LogP contribution is -2.26. The second-order valence-corrected chi connectivity index (χ2v) is 5.10. The van der Waals surface area contributed by atoms with Crippen molar-refractivity contribution in [3.8, 4) is 11.5 Å². The molecule has 0 atom stereocenters. The Kier molecular flexibility index (Phi) is 8.82. The molecule has 0 heterocycles. The number of nitrogens with zero attached hydrogens (tertiary/aromatic N) is 1. The molecule has 1 aromatic rings. The van der Waals surface area contributed by atoms with E-state index >= 15 is 0 Å². The molecule has 0 fully saturated rings. The van der Waals surface area contributed by atoms with Gasteiger partial charge in [0.2, 0.25) is 0 Å². The Morgan fingerprint density at radius 3 is 2.43 bits per heavy atom. The van der Waals surface area contributed by atoms with Crippen LogP contribution >= 0.6 is 0 Å². The van der Waals surface area contributed by atoms with E-state index in [0.717, 1.165) is 18.0 Å². The number of rotatable bonds is 11. The molecular formula is C16H27NO4. The first-order valence-electron chi connectivity index (χ1n) is 7.39. The molecule has 0 saturated heterocycles. The Morgan fingerprint density at radius 1 is 1.05 bits per heavy atom. The highest BCUT2D eigenvalue weighted by Gasteiger charge is 2.05. The molecule has 1 N–H and O–H groups in total. The van der Waals surface area contributed by atoms with Crippen molar-refractivity contribution < 1.29 is 19.3 Å². The van der Waals surface area contributed by atoms with E-state index in [4.69, 9.17) is 19.3 Å². The van der Waals surface area contributed by atoms with Crippen LogP contribution in [-0.4, -0.2) is 62.7 Å².